The van der Waals surface area contributed by atoms with Crippen LogP contribution in [-0.4, -0.2) is 56.0 Å². The Morgan fingerprint density at radius 3 is 2.39 bits per heavy atom. The second kappa shape index (κ2) is 5.88. The van der Waals surface area contributed by atoms with Crippen LogP contribution in [0.15, 0.2) is 0 Å². The molecule has 0 aromatic carbocycles. The molecule has 4 nitrogen and oxygen atoms in total. The van der Waals surface area contributed by atoms with Gasteiger partial charge in [0.05, 0.1) is 11.5 Å². The zero-order chi connectivity index (χ0) is 13.2. The van der Waals surface area contributed by atoms with E-state index in [-0.39, 0.29) is 0 Å². The Kier molecular flexibility index (Phi) is 4.67. The predicted octanol–water partition coefficient (Wildman–Crippen LogP) is 1.03. The Bertz CT molecular complexity index is 347. The van der Waals surface area contributed by atoms with Gasteiger partial charge in [-0.2, -0.15) is 0 Å². The average Bonchev–Trinajstić information content (AvgIpc) is 2.79. The van der Waals surface area contributed by atoms with Crippen LogP contribution in [0.2, 0.25) is 0 Å². The van der Waals surface area contributed by atoms with Crippen molar-refractivity contribution in [2.24, 2.45) is 0 Å². The lowest BCUT2D eigenvalue weighted by atomic mass is 10.1. The lowest BCUT2D eigenvalue weighted by Crippen LogP contribution is -2.49. The Morgan fingerprint density at radius 1 is 1.22 bits per heavy atom. The highest BCUT2D eigenvalue weighted by molar-refractivity contribution is 7.91. The van der Waals surface area contributed by atoms with Crippen LogP contribution in [0.5, 0.6) is 0 Å². The monoisotopic (exact) mass is 274 g/mol. The van der Waals surface area contributed by atoms with Crippen molar-refractivity contribution >= 4 is 9.84 Å². The number of hydrogen-bond acceptors (Lipinski definition) is 4. The van der Waals surface area contributed by atoms with Crippen molar-refractivity contribution in [3.05, 3.63) is 0 Å². The summed E-state index contributed by atoms with van der Waals surface area (Å²) in [7, 11) is -2.74. The van der Waals surface area contributed by atoms with Gasteiger partial charge in [0.15, 0.2) is 0 Å². The maximum absolute atomic E-state index is 11.5. The van der Waals surface area contributed by atoms with E-state index >= 15 is 0 Å². The summed E-state index contributed by atoms with van der Waals surface area (Å²) in [6.45, 7) is 6.65. The van der Waals surface area contributed by atoms with Gasteiger partial charge in [0.25, 0.3) is 0 Å². The second-order valence-electron chi connectivity index (χ2n) is 5.97. The zero-order valence-corrected chi connectivity index (χ0v) is 12.4. The van der Waals surface area contributed by atoms with E-state index in [2.05, 4.69) is 24.1 Å². The molecule has 1 atom stereocenters. The third-order valence-corrected chi connectivity index (χ3v) is 5.97. The minimum absolute atomic E-state index is 0.374. The third-order valence-electron chi connectivity index (χ3n) is 4.25. The molecule has 0 aromatic heterocycles. The molecular weight excluding hydrogens is 248 g/mol. The molecule has 5 heteroatoms. The molecule has 0 aromatic rings. The van der Waals surface area contributed by atoms with Crippen LogP contribution in [0.3, 0.4) is 0 Å². The molecule has 0 saturated carbocycles. The normalized spacial score (nSPS) is 29.2. The van der Waals surface area contributed by atoms with Crippen LogP contribution in [0.1, 0.15) is 39.5 Å². The molecule has 0 radical (unpaired) electrons. The van der Waals surface area contributed by atoms with E-state index in [9.17, 15) is 8.42 Å². The van der Waals surface area contributed by atoms with Gasteiger partial charge in [-0.1, -0.05) is 0 Å². The number of hydrogen-bond donors (Lipinski definition) is 1. The van der Waals surface area contributed by atoms with Crippen LogP contribution in [0.4, 0.5) is 0 Å². The zero-order valence-electron chi connectivity index (χ0n) is 11.6. The first-order valence-electron chi connectivity index (χ1n) is 7.17. The summed E-state index contributed by atoms with van der Waals surface area (Å²) in [6, 6.07) is 1.56. The Balaban J connectivity index is 1.93. The van der Waals surface area contributed by atoms with Gasteiger partial charge >= 0.3 is 0 Å². The highest BCUT2D eigenvalue weighted by Crippen LogP contribution is 2.21. The van der Waals surface area contributed by atoms with Gasteiger partial charge in [-0.3, -0.25) is 4.90 Å². The molecule has 2 aliphatic heterocycles. The summed E-state index contributed by atoms with van der Waals surface area (Å²) >= 11 is 0. The van der Waals surface area contributed by atoms with Crippen LogP contribution in [0.25, 0.3) is 0 Å². The van der Waals surface area contributed by atoms with Crippen molar-refractivity contribution in [2.45, 2.75) is 57.7 Å². The SMILES string of the molecule is CC(C)N(CC1CCCN1)C1CCS(=O)(=O)CC1. The van der Waals surface area contributed by atoms with E-state index in [1.807, 2.05) is 0 Å². The molecule has 2 rings (SSSR count). The molecule has 2 heterocycles. The van der Waals surface area contributed by atoms with E-state index in [0.717, 1.165) is 25.9 Å². The molecule has 2 saturated heterocycles. The minimum Gasteiger partial charge on any atom is -0.313 e. The summed E-state index contributed by atoms with van der Waals surface area (Å²) in [5.74, 6) is 0.748. The lowest BCUT2D eigenvalue weighted by Gasteiger charge is -2.38. The highest BCUT2D eigenvalue weighted by Gasteiger charge is 2.31. The molecule has 18 heavy (non-hydrogen) atoms. The van der Waals surface area contributed by atoms with Gasteiger partial charge in [-0.15, -0.1) is 0 Å². The fourth-order valence-corrected chi connectivity index (χ4v) is 4.62. The molecule has 1 N–H and O–H groups in total. The number of rotatable bonds is 4. The summed E-state index contributed by atoms with van der Waals surface area (Å²) in [4.78, 5) is 2.51. The summed E-state index contributed by atoms with van der Waals surface area (Å²) in [5.41, 5.74) is 0. The molecule has 2 fully saturated rings. The van der Waals surface area contributed by atoms with Crippen molar-refractivity contribution < 1.29 is 8.42 Å². The van der Waals surface area contributed by atoms with Gasteiger partial charge in [-0.25, -0.2) is 8.42 Å². The highest BCUT2D eigenvalue weighted by atomic mass is 32.2. The first kappa shape index (κ1) is 14.3. The van der Waals surface area contributed by atoms with Crippen molar-refractivity contribution in [3.63, 3.8) is 0 Å². The molecule has 106 valence electrons. The second-order valence-corrected chi connectivity index (χ2v) is 8.27. The Morgan fingerprint density at radius 2 is 1.89 bits per heavy atom. The van der Waals surface area contributed by atoms with Crippen molar-refractivity contribution in [1.82, 2.24) is 10.2 Å². The van der Waals surface area contributed by atoms with Crippen molar-refractivity contribution in [3.8, 4) is 0 Å². The van der Waals surface area contributed by atoms with Gasteiger partial charge < -0.3 is 5.32 Å². The van der Waals surface area contributed by atoms with E-state index in [4.69, 9.17) is 0 Å². The third kappa shape index (κ3) is 3.68. The number of sulfone groups is 1. The van der Waals surface area contributed by atoms with Crippen LogP contribution >= 0.6 is 0 Å². The average molecular weight is 274 g/mol. The Hall–Kier alpha value is -0.130. The summed E-state index contributed by atoms with van der Waals surface area (Å²) in [5, 5.41) is 3.54. The standard InChI is InChI=1S/C13H26N2O2S/c1-11(2)15(10-12-4-3-7-14-12)13-5-8-18(16,17)9-6-13/h11-14H,3-10H2,1-2H3. The molecule has 1 unspecified atom stereocenters. The number of nitrogens with zero attached hydrogens (tertiary/aromatic N) is 1. The van der Waals surface area contributed by atoms with E-state index < -0.39 is 9.84 Å². The maximum Gasteiger partial charge on any atom is 0.150 e. The van der Waals surface area contributed by atoms with Gasteiger partial charge in [0.2, 0.25) is 0 Å². The molecule has 0 amide bonds. The number of nitrogens with one attached hydrogen (secondary N) is 1. The molecule has 0 aliphatic carbocycles. The first-order valence-corrected chi connectivity index (χ1v) is 8.99. The molecular formula is C13H26N2O2S. The first-order chi connectivity index (χ1) is 8.48. The van der Waals surface area contributed by atoms with Crippen LogP contribution in [0, 0.1) is 0 Å². The van der Waals surface area contributed by atoms with Crippen LogP contribution < -0.4 is 5.32 Å². The molecule has 0 bridgehead atoms. The van der Waals surface area contributed by atoms with E-state index in [1.54, 1.807) is 0 Å². The fourth-order valence-electron chi connectivity index (χ4n) is 3.16. The van der Waals surface area contributed by atoms with Crippen molar-refractivity contribution in [2.75, 3.05) is 24.6 Å². The lowest BCUT2D eigenvalue weighted by molar-refractivity contribution is 0.130. The van der Waals surface area contributed by atoms with Gasteiger partial charge in [-0.05, 0) is 46.1 Å². The minimum atomic E-state index is -2.74. The van der Waals surface area contributed by atoms with Crippen molar-refractivity contribution in [1.29, 1.82) is 0 Å². The Labute approximate surface area is 111 Å². The van der Waals surface area contributed by atoms with E-state index in [0.29, 0.717) is 29.6 Å². The van der Waals surface area contributed by atoms with Gasteiger partial charge in [0.1, 0.15) is 9.84 Å². The van der Waals surface area contributed by atoms with Crippen LogP contribution in [-0.2, 0) is 9.84 Å². The largest absolute Gasteiger partial charge is 0.313 e. The van der Waals surface area contributed by atoms with Gasteiger partial charge in [0, 0.05) is 24.7 Å². The quantitative estimate of drug-likeness (QED) is 0.832. The smallest absolute Gasteiger partial charge is 0.150 e. The fraction of sp³-hybridized carbons (Fsp3) is 1.00. The summed E-state index contributed by atoms with van der Waals surface area (Å²) in [6.07, 6.45) is 4.16. The topological polar surface area (TPSA) is 49.4 Å². The van der Waals surface area contributed by atoms with E-state index in [1.165, 1.54) is 12.8 Å². The summed E-state index contributed by atoms with van der Waals surface area (Å²) < 4.78 is 23.0. The maximum atomic E-state index is 11.5. The molecule has 2 aliphatic rings. The molecule has 0 spiro atoms. The predicted molar refractivity (Wildman–Crippen MR) is 74.5 cm³/mol.